The molecule has 2 heterocycles. The largest absolute Gasteiger partial charge is 0.396 e. The van der Waals surface area contributed by atoms with E-state index in [1.165, 1.54) is 5.56 Å². The van der Waals surface area contributed by atoms with Crippen LogP contribution in [-0.4, -0.2) is 25.8 Å². The molecule has 0 unspecified atom stereocenters. The Hall–Kier alpha value is -2.40. The first-order valence-electron chi connectivity index (χ1n) is 7.84. The Kier molecular flexibility index (Phi) is 4.05. The molecule has 0 fully saturated rings. The first kappa shape index (κ1) is 15.5. The van der Waals surface area contributed by atoms with Crippen LogP contribution in [0.25, 0.3) is 16.7 Å². The lowest BCUT2D eigenvalue weighted by Gasteiger charge is -2.09. The van der Waals surface area contributed by atoms with E-state index in [2.05, 4.69) is 47.7 Å². The van der Waals surface area contributed by atoms with Crippen LogP contribution in [0.3, 0.4) is 0 Å². The Morgan fingerprint density at radius 2 is 1.83 bits per heavy atom. The highest BCUT2D eigenvalue weighted by atomic mass is 16.3. The zero-order valence-corrected chi connectivity index (χ0v) is 13.8. The molecule has 0 aliphatic carbocycles. The van der Waals surface area contributed by atoms with Gasteiger partial charge in [0, 0.05) is 24.5 Å². The Morgan fingerprint density at radius 1 is 1.13 bits per heavy atom. The number of hydrogen-bond donors (Lipinski definition) is 2. The molecular formula is C18H22N4O. The van der Waals surface area contributed by atoms with Crippen LogP contribution in [0.4, 0.5) is 0 Å². The van der Waals surface area contributed by atoms with E-state index >= 15 is 0 Å². The van der Waals surface area contributed by atoms with Crippen LogP contribution < -0.4 is 5.49 Å². The summed E-state index contributed by atoms with van der Waals surface area (Å²) in [4.78, 5) is 4.60. The van der Waals surface area contributed by atoms with Gasteiger partial charge in [-0.15, -0.1) is 0 Å². The van der Waals surface area contributed by atoms with Crippen molar-refractivity contribution >= 4 is 11.0 Å². The van der Waals surface area contributed by atoms with E-state index < -0.39 is 0 Å². The van der Waals surface area contributed by atoms with E-state index in [-0.39, 0.29) is 6.61 Å². The maximum absolute atomic E-state index is 9.01. The van der Waals surface area contributed by atoms with E-state index in [0.29, 0.717) is 18.5 Å². The lowest BCUT2D eigenvalue weighted by Crippen LogP contribution is -2.21. The smallest absolute Gasteiger partial charge is 0.150 e. The molecule has 5 heteroatoms. The number of aliphatic hydroxyl groups excluding tert-OH is 1. The van der Waals surface area contributed by atoms with Gasteiger partial charge in [0.15, 0.2) is 0 Å². The Morgan fingerprint density at radius 3 is 2.48 bits per heavy atom. The number of nitrogens with one attached hydrogen (secondary N) is 1. The molecule has 0 aliphatic heterocycles. The number of hydrogen-bond acceptors (Lipinski definition) is 3. The van der Waals surface area contributed by atoms with Crippen molar-refractivity contribution in [3.63, 3.8) is 0 Å². The predicted octanol–water partition coefficient (Wildman–Crippen LogP) is 2.61. The Labute approximate surface area is 135 Å². The van der Waals surface area contributed by atoms with Gasteiger partial charge >= 0.3 is 0 Å². The summed E-state index contributed by atoms with van der Waals surface area (Å²) in [7, 11) is 0. The monoisotopic (exact) mass is 310 g/mol. The Balaban J connectivity index is 2.25. The zero-order chi connectivity index (χ0) is 16.6. The van der Waals surface area contributed by atoms with E-state index in [1.807, 2.05) is 6.92 Å². The van der Waals surface area contributed by atoms with Crippen molar-refractivity contribution in [2.24, 2.45) is 0 Å². The minimum atomic E-state index is 0.118. The van der Waals surface area contributed by atoms with Gasteiger partial charge in [0.05, 0.1) is 11.7 Å². The summed E-state index contributed by atoms with van der Waals surface area (Å²) in [5.41, 5.74) is 5.73. The molecule has 0 radical (unpaired) electrons. The van der Waals surface area contributed by atoms with Gasteiger partial charge in [-0.1, -0.05) is 17.7 Å². The second kappa shape index (κ2) is 6.01. The highest BCUT2D eigenvalue weighted by Gasteiger charge is 2.16. The molecule has 3 rings (SSSR count). The van der Waals surface area contributed by atoms with Crippen LogP contribution >= 0.6 is 0 Å². The molecule has 2 aromatic heterocycles. The van der Waals surface area contributed by atoms with Crippen LogP contribution in [0.5, 0.6) is 0 Å². The van der Waals surface area contributed by atoms with Crippen LogP contribution in [0.2, 0.25) is 0 Å². The molecule has 0 aliphatic rings. The van der Waals surface area contributed by atoms with Gasteiger partial charge < -0.3 is 9.67 Å². The third kappa shape index (κ3) is 2.57. The average Bonchev–Trinajstić information content (AvgIpc) is 2.80. The summed E-state index contributed by atoms with van der Waals surface area (Å²) in [6.07, 6.45) is 2.32. The summed E-state index contributed by atoms with van der Waals surface area (Å²) in [6, 6.07) is 8.34. The highest BCUT2D eigenvalue weighted by molar-refractivity contribution is 5.82. The molecule has 0 spiro atoms. The number of nitrogens with zero attached hydrogens (tertiary/aromatic N) is 3. The van der Waals surface area contributed by atoms with E-state index in [0.717, 1.165) is 28.0 Å². The van der Waals surface area contributed by atoms with Gasteiger partial charge in [0.25, 0.3) is 0 Å². The standard InChI is InChI=1S/C18H22N4O/c1-12-5-7-15(8-6-12)22-14(3)13(2)16-17(19)21(9-4-10-23)11-20-18(16)22/h5-8,11,19,23H,4,9-10H2,1-3H3. The molecule has 5 nitrogen and oxygen atoms in total. The zero-order valence-electron chi connectivity index (χ0n) is 13.8. The number of fused-ring (bicyclic) bond motifs is 1. The lowest BCUT2D eigenvalue weighted by molar-refractivity contribution is 0.278. The lowest BCUT2D eigenvalue weighted by atomic mass is 10.2. The minimum Gasteiger partial charge on any atom is -0.396 e. The fourth-order valence-corrected chi connectivity index (χ4v) is 2.94. The molecule has 0 saturated heterocycles. The number of rotatable bonds is 4. The highest BCUT2D eigenvalue weighted by Crippen LogP contribution is 2.25. The first-order valence-corrected chi connectivity index (χ1v) is 7.84. The second-order valence-electron chi connectivity index (χ2n) is 5.94. The fraction of sp³-hybridized carbons (Fsp3) is 0.333. The number of aliphatic hydroxyl groups is 1. The molecule has 0 amide bonds. The van der Waals surface area contributed by atoms with Gasteiger partial charge in [-0.25, -0.2) is 4.98 Å². The van der Waals surface area contributed by atoms with Gasteiger partial charge in [-0.05, 0) is 44.9 Å². The van der Waals surface area contributed by atoms with Gasteiger partial charge in [0.2, 0.25) is 0 Å². The third-order valence-electron chi connectivity index (χ3n) is 4.38. The SMILES string of the molecule is Cc1ccc(-n2c(C)c(C)c3c(=N)n(CCCO)cnc32)cc1. The van der Waals surface area contributed by atoms with Crippen molar-refractivity contribution in [3.8, 4) is 5.69 Å². The number of benzene rings is 1. The molecule has 120 valence electrons. The van der Waals surface area contributed by atoms with E-state index in [4.69, 9.17) is 10.5 Å². The van der Waals surface area contributed by atoms with Crippen LogP contribution in [-0.2, 0) is 6.54 Å². The topological polar surface area (TPSA) is 66.8 Å². The maximum atomic E-state index is 9.01. The van der Waals surface area contributed by atoms with Crippen LogP contribution in [0, 0.1) is 26.2 Å². The predicted molar refractivity (Wildman–Crippen MR) is 90.8 cm³/mol. The summed E-state index contributed by atoms with van der Waals surface area (Å²) in [5, 5.41) is 18.4. The van der Waals surface area contributed by atoms with Crippen molar-refractivity contribution in [2.45, 2.75) is 33.7 Å². The molecule has 1 aromatic carbocycles. The maximum Gasteiger partial charge on any atom is 0.150 e. The molecular weight excluding hydrogens is 288 g/mol. The van der Waals surface area contributed by atoms with Gasteiger partial charge in [-0.2, -0.15) is 0 Å². The minimum absolute atomic E-state index is 0.118. The quantitative estimate of drug-likeness (QED) is 0.778. The van der Waals surface area contributed by atoms with Crippen molar-refractivity contribution < 1.29 is 5.11 Å². The summed E-state index contributed by atoms with van der Waals surface area (Å²) < 4.78 is 3.91. The Bertz CT molecular complexity index is 903. The number of aromatic nitrogens is 3. The summed E-state index contributed by atoms with van der Waals surface area (Å²) >= 11 is 0. The molecule has 2 N–H and O–H groups in total. The van der Waals surface area contributed by atoms with Crippen LogP contribution in [0.1, 0.15) is 23.2 Å². The van der Waals surface area contributed by atoms with Crippen molar-refractivity contribution in [3.05, 3.63) is 52.9 Å². The van der Waals surface area contributed by atoms with Gasteiger partial charge in [0.1, 0.15) is 11.1 Å². The first-order chi connectivity index (χ1) is 11.0. The number of aryl methyl sites for hydroxylation is 3. The van der Waals surface area contributed by atoms with Crippen molar-refractivity contribution in [2.75, 3.05) is 6.61 Å². The molecule has 3 aromatic rings. The van der Waals surface area contributed by atoms with Crippen LogP contribution in [0.15, 0.2) is 30.6 Å². The van der Waals surface area contributed by atoms with Gasteiger partial charge in [-0.3, -0.25) is 9.98 Å². The summed E-state index contributed by atoms with van der Waals surface area (Å²) in [6.45, 7) is 6.89. The average molecular weight is 310 g/mol. The second-order valence-corrected chi connectivity index (χ2v) is 5.94. The molecule has 0 saturated carbocycles. The molecule has 0 atom stereocenters. The van der Waals surface area contributed by atoms with E-state index in [9.17, 15) is 0 Å². The van der Waals surface area contributed by atoms with Crippen molar-refractivity contribution in [1.29, 1.82) is 5.41 Å². The summed E-state index contributed by atoms with van der Waals surface area (Å²) in [5.74, 6) is 0. The molecule has 0 bridgehead atoms. The normalized spacial score (nSPS) is 11.3. The van der Waals surface area contributed by atoms with Crippen molar-refractivity contribution in [1.82, 2.24) is 14.1 Å². The molecule has 23 heavy (non-hydrogen) atoms. The van der Waals surface area contributed by atoms with E-state index in [1.54, 1.807) is 10.9 Å². The third-order valence-corrected chi connectivity index (χ3v) is 4.38. The fourth-order valence-electron chi connectivity index (χ4n) is 2.94.